The van der Waals surface area contributed by atoms with Crippen molar-refractivity contribution in [2.45, 2.75) is 59.5 Å². The summed E-state index contributed by atoms with van der Waals surface area (Å²) in [6, 6.07) is 8.17. The summed E-state index contributed by atoms with van der Waals surface area (Å²) in [5.41, 5.74) is 5.79. The van der Waals surface area contributed by atoms with Gasteiger partial charge in [0.15, 0.2) is 5.96 Å². The minimum absolute atomic E-state index is 0.106. The normalized spacial score (nSPS) is 13.4. The number of nitrogens with one attached hydrogen (secondary N) is 2. The van der Waals surface area contributed by atoms with Crippen LogP contribution >= 0.6 is 0 Å². The van der Waals surface area contributed by atoms with Gasteiger partial charge in [-0.3, -0.25) is 9.67 Å². The Balaban J connectivity index is 1.95. The van der Waals surface area contributed by atoms with Crippen molar-refractivity contribution in [3.8, 4) is 0 Å². The average molecular weight is 400 g/mol. The maximum Gasteiger partial charge on any atom is 0.191 e. The summed E-state index contributed by atoms with van der Waals surface area (Å²) in [6.07, 6.45) is 0.259. The molecule has 0 amide bonds. The van der Waals surface area contributed by atoms with Gasteiger partial charge in [0, 0.05) is 25.8 Å². The fraction of sp³-hybridized carbons (Fsp3) is 0.565. The van der Waals surface area contributed by atoms with E-state index in [1.165, 1.54) is 16.8 Å². The monoisotopic (exact) mass is 399 g/mol. The van der Waals surface area contributed by atoms with Crippen LogP contribution in [0.15, 0.2) is 29.3 Å². The van der Waals surface area contributed by atoms with Gasteiger partial charge in [-0.15, -0.1) is 0 Å². The Morgan fingerprint density at radius 3 is 2.34 bits per heavy atom. The second kappa shape index (κ2) is 9.92. The van der Waals surface area contributed by atoms with Gasteiger partial charge >= 0.3 is 0 Å². The summed E-state index contributed by atoms with van der Waals surface area (Å²) in [6.45, 7) is 14.6. The summed E-state index contributed by atoms with van der Waals surface area (Å²) in [7, 11) is 1.97. The molecule has 0 aliphatic heterocycles. The Morgan fingerprint density at radius 2 is 1.83 bits per heavy atom. The van der Waals surface area contributed by atoms with Gasteiger partial charge < -0.3 is 15.7 Å². The number of aliphatic hydroxyl groups is 1. The minimum Gasteiger partial charge on any atom is -0.386 e. The maximum absolute atomic E-state index is 10.5. The van der Waals surface area contributed by atoms with Crippen LogP contribution in [0, 0.1) is 13.8 Å². The van der Waals surface area contributed by atoms with Crippen molar-refractivity contribution in [1.29, 1.82) is 0 Å². The van der Waals surface area contributed by atoms with Crippen molar-refractivity contribution in [2.75, 3.05) is 19.6 Å². The lowest BCUT2D eigenvalue weighted by Crippen LogP contribution is -2.38. The van der Waals surface area contributed by atoms with Gasteiger partial charge in [-0.2, -0.15) is 5.10 Å². The Kier molecular flexibility index (Phi) is 7.85. The first-order valence-electron chi connectivity index (χ1n) is 10.4. The van der Waals surface area contributed by atoms with E-state index in [0.717, 1.165) is 36.7 Å². The highest BCUT2D eigenvalue weighted by molar-refractivity contribution is 5.79. The highest BCUT2D eigenvalue weighted by Gasteiger charge is 2.15. The quantitative estimate of drug-likeness (QED) is 0.494. The molecule has 0 saturated heterocycles. The molecule has 0 bridgehead atoms. The zero-order valence-electron chi connectivity index (χ0n) is 19.0. The van der Waals surface area contributed by atoms with Crippen molar-refractivity contribution in [3.05, 3.63) is 52.3 Å². The van der Waals surface area contributed by atoms with Crippen molar-refractivity contribution in [2.24, 2.45) is 12.0 Å². The van der Waals surface area contributed by atoms with E-state index in [9.17, 15) is 5.11 Å². The van der Waals surface area contributed by atoms with E-state index in [-0.39, 0.29) is 5.41 Å². The van der Waals surface area contributed by atoms with Gasteiger partial charge in [0.05, 0.1) is 18.3 Å². The highest BCUT2D eigenvalue weighted by Crippen LogP contribution is 2.24. The molecule has 6 heteroatoms. The van der Waals surface area contributed by atoms with Crippen molar-refractivity contribution >= 4 is 5.96 Å². The van der Waals surface area contributed by atoms with Crippen LogP contribution in [0.4, 0.5) is 0 Å². The topological polar surface area (TPSA) is 74.5 Å². The first kappa shape index (κ1) is 22.9. The first-order valence-corrected chi connectivity index (χ1v) is 10.4. The van der Waals surface area contributed by atoms with E-state index in [4.69, 9.17) is 0 Å². The van der Waals surface area contributed by atoms with Crippen LogP contribution in [0.1, 0.15) is 61.9 Å². The molecule has 0 aliphatic rings. The van der Waals surface area contributed by atoms with Gasteiger partial charge in [-0.1, -0.05) is 45.0 Å². The number of benzene rings is 1. The van der Waals surface area contributed by atoms with Crippen molar-refractivity contribution < 1.29 is 5.11 Å². The molecule has 1 atom stereocenters. The number of aromatic nitrogens is 2. The summed E-state index contributed by atoms with van der Waals surface area (Å²) in [5, 5.41) is 21.6. The molecule has 160 valence electrons. The number of guanidine groups is 1. The molecular weight excluding hydrogens is 362 g/mol. The summed E-state index contributed by atoms with van der Waals surface area (Å²) < 4.78 is 1.92. The number of aliphatic hydroxyl groups excluding tert-OH is 1. The number of hydrogen-bond acceptors (Lipinski definition) is 3. The van der Waals surface area contributed by atoms with Crippen LogP contribution in [0.3, 0.4) is 0 Å². The largest absolute Gasteiger partial charge is 0.386 e. The SMILES string of the molecule is CCNC(=NCC(O)c1ccc(C(C)(C)C)cc1)NCCc1c(C)nn(C)c1C. The Labute approximate surface area is 175 Å². The van der Waals surface area contributed by atoms with Crippen LogP contribution < -0.4 is 10.6 Å². The molecule has 1 heterocycles. The molecule has 6 nitrogen and oxygen atoms in total. The smallest absolute Gasteiger partial charge is 0.191 e. The number of hydrogen-bond donors (Lipinski definition) is 3. The Morgan fingerprint density at radius 1 is 1.17 bits per heavy atom. The standard InChI is InChI=1S/C23H37N5O/c1-8-24-22(25-14-13-20-16(2)27-28(7)17(20)3)26-15-21(29)18-9-11-19(12-10-18)23(4,5)6/h9-12,21,29H,8,13-15H2,1-7H3,(H2,24,25,26). The van der Waals surface area contributed by atoms with Crippen LogP contribution in [0.25, 0.3) is 0 Å². The molecule has 2 rings (SSSR count). The molecule has 0 fully saturated rings. The Hall–Kier alpha value is -2.34. The predicted molar refractivity (Wildman–Crippen MR) is 120 cm³/mol. The second-order valence-electron chi connectivity index (χ2n) is 8.56. The molecule has 2 aromatic rings. The van der Waals surface area contributed by atoms with E-state index in [1.54, 1.807) is 0 Å². The lowest BCUT2D eigenvalue weighted by molar-refractivity contribution is 0.187. The highest BCUT2D eigenvalue weighted by atomic mass is 16.3. The Bertz CT molecular complexity index is 815. The molecular formula is C23H37N5O. The van der Waals surface area contributed by atoms with Crippen LogP contribution in [0.5, 0.6) is 0 Å². The maximum atomic E-state index is 10.5. The molecule has 0 aliphatic carbocycles. The third-order valence-electron chi connectivity index (χ3n) is 5.25. The number of rotatable bonds is 7. The minimum atomic E-state index is -0.623. The zero-order valence-corrected chi connectivity index (χ0v) is 19.0. The fourth-order valence-electron chi connectivity index (χ4n) is 3.32. The number of aryl methyl sites for hydroxylation is 2. The third-order valence-corrected chi connectivity index (χ3v) is 5.25. The molecule has 1 unspecified atom stereocenters. The number of aliphatic imine (C=N–C) groups is 1. The van der Waals surface area contributed by atoms with Crippen LogP contribution in [0.2, 0.25) is 0 Å². The molecule has 0 spiro atoms. The second-order valence-corrected chi connectivity index (χ2v) is 8.56. The lowest BCUT2D eigenvalue weighted by atomic mass is 9.86. The third kappa shape index (κ3) is 6.32. The van der Waals surface area contributed by atoms with Crippen molar-refractivity contribution in [3.63, 3.8) is 0 Å². The average Bonchev–Trinajstić information content (AvgIpc) is 2.91. The molecule has 0 saturated carbocycles. The van der Waals surface area contributed by atoms with Crippen LogP contribution in [-0.4, -0.2) is 40.5 Å². The summed E-state index contributed by atoms with van der Waals surface area (Å²) in [4.78, 5) is 4.57. The fourth-order valence-corrected chi connectivity index (χ4v) is 3.32. The van der Waals surface area contributed by atoms with E-state index >= 15 is 0 Å². The molecule has 1 aromatic carbocycles. The van der Waals surface area contributed by atoms with Gasteiger partial charge in [-0.05, 0) is 49.3 Å². The molecule has 0 radical (unpaired) electrons. The van der Waals surface area contributed by atoms with Gasteiger partial charge in [0.25, 0.3) is 0 Å². The van der Waals surface area contributed by atoms with Crippen molar-refractivity contribution in [1.82, 2.24) is 20.4 Å². The van der Waals surface area contributed by atoms with Gasteiger partial charge in [-0.25, -0.2) is 0 Å². The first-order chi connectivity index (χ1) is 13.6. The summed E-state index contributed by atoms with van der Waals surface area (Å²) in [5.74, 6) is 0.719. The molecule has 3 N–H and O–H groups in total. The van der Waals surface area contributed by atoms with E-state index in [0.29, 0.717) is 6.54 Å². The van der Waals surface area contributed by atoms with Gasteiger partial charge in [0.2, 0.25) is 0 Å². The summed E-state index contributed by atoms with van der Waals surface area (Å²) >= 11 is 0. The van der Waals surface area contributed by atoms with Gasteiger partial charge in [0.1, 0.15) is 0 Å². The van der Waals surface area contributed by atoms with E-state index in [2.05, 4.69) is 60.6 Å². The van der Waals surface area contributed by atoms with E-state index in [1.807, 2.05) is 37.7 Å². The molecule has 1 aromatic heterocycles. The van der Waals surface area contributed by atoms with Crippen LogP contribution in [-0.2, 0) is 18.9 Å². The number of nitrogens with zero attached hydrogens (tertiary/aromatic N) is 3. The lowest BCUT2D eigenvalue weighted by Gasteiger charge is -2.20. The zero-order chi connectivity index (χ0) is 21.6. The molecule has 29 heavy (non-hydrogen) atoms. The predicted octanol–water partition coefficient (Wildman–Crippen LogP) is 3.17. The van der Waals surface area contributed by atoms with E-state index < -0.39 is 6.10 Å².